The first-order chi connectivity index (χ1) is 12.4. The number of carbonyl (C=O) groups is 2. The summed E-state index contributed by atoms with van der Waals surface area (Å²) in [4.78, 5) is 29.3. The molecule has 0 spiro atoms. The van der Waals surface area contributed by atoms with E-state index in [1.165, 1.54) is 0 Å². The number of benzene rings is 1. The molecule has 1 aliphatic heterocycles. The third-order valence-corrected chi connectivity index (χ3v) is 5.61. The molecule has 1 aromatic carbocycles. The molecule has 5 nitrogen and oxygen atoms in total. The summed E-state index contributed by atoms with van der Waals surface area (Å²) in [5, 5.41) is 3.09. The molecule has 1 fully saturated rings. The Hall–Kier alpha value is -1.88. The van der Waals surface area contributed by atoms with Gasteiger partial charge in [-0.3, -0.25) is 14.5 Å². The van der Waals surface area contributed by atoms with Crippen LogP contribution in [0.3, 0.4) is 0 Å². The van der Waals surface area contributed by atoms with Crippen LogP contribution in [0.15, 0.2) is 18.2 Å². The molecule has 1 atom stereocenters. The number of carbonyl (C=O) groups excluding carboxylic acids is 2. The monoisotopic (exact) mass is 359 g/mol. The summed E-state index contributed by atoms with van der Waals surface area (Å²) >= 11 is 0. The highest BCUT2D eigenvalue weighted by molar-refractivity contribution is 5.95. The van der Waals surface area contributed by atoms with Crippen molar-refractivity contribution < 1.29 is 9.59 Å². The van der Waals surface area contributed by atoms with Gasteiger partial charge in [0.2, 0.25) is 11.8 Å². The average molecular weight is 360 g/mol. The minimum absolute atomic E-state index is 0.0240. The molecule has 2 rings (SSSR count). The van der Waals surface area contributed by atoms with E-state index < -0.39 is 0 Å². The molecule has 0 aromatic heterocycles. The zero-order chi connectivity index (χ0) is 19.3. The van der Waals surface area contributed by atoms with Crippen LogP contribution in [-0.2, 0) is 9.59 Å². The summed E-state index contributed by atoms with van der Waals surface area (Å²) in [6.07, 6.45) is 1.66. The van der Waals surface area contributed by atoms with Crippen LogP contribution < -0.4 is 5.32 Å². The largest absolute Gasteiger partial charge is 0.343 e. The lowest BCUT2D eigenvalue weighted by molar-refractivity contribution is -0.137. The Morgan fingerprint density at radius 1 is 1.15 bits per heavy atom. The minimum atomic E-state index is -0.196. The van der Waals surface area contributed by atoms with Gasteiger partial charge in [0.1, 0.15) is 0 Å². The summed E-state index contributed by atoms with van der Waals surface area (Å²) in [7, 11) is 0. The van der Waals surface area contributed by atoms with Gasteiger partial charge in [-0.25, -0.2) is 0 Å². The van der Waals surface area contributed by atoms with Crippen molar-refractivity contribution >= 4 is 17.5 Å². The van der Waals surface area contributed by atoms with E-state index in [4.69, 9.17) is 0 Å². The molecule has 1 unspecified atom stereocenters. The Kier molecular flexibility index (Phi) is 7.21. The van der Waals surface area contributed by atoms with Crippen molar-refractivity contribution in [1.29, 1.82) is 0 Å². The lowest BCUT2D eigenvalue weighted by Crippen LogP contribution is -2.48. The van der Waals surface area contributed by atoms with Gasteiger partial charge in [-0.1, -0.05) is 18.2 Å². The number of hydrogen-bond donors (Lipinski definition) is 1. The molecule has 5 heteroatoms. The fourth-order valence-electron chi connectivity index (χ4n) is 3.73. The number of nitrogens with zero attached hydrogens (tertiary/aromatic N) is 2. The SMILES string of the molecule is CCN(CC)C(=O)C1CCN(C(C)C(=O)Nc2c(C)cccc2C)CC1. The van der Waals surface area contributed by atoms with Crippen LogP contribution >= 0.6 is 0 Å². The Labute approximate surface area is 157 Å². The maximum absolute atomic E-state index is 12.7. The molecule has 1 aromatic rings. The van der Waals surface area contributed by atoms with E-state index >= 15 is 0 Å². The number of para-hydroxylation sites is 1. The van der Waals surface area contributed by atoms with Gasteiger partial charge in [0.15, 0.2) is 0 Å². The first-order valence-corrected chi connectivity index (χ1v) is 9.78. The third-order valence-electron chi connectivity index (χ3n) is 5.61. The number of nitrogens with one attached hydrogen (secondary N) is 1. The number of likely N-dealkylation sites (tertiary alicyclic amines) is 1. The molecule has 1 saturated heterocycles. The molecule has 2 amide bonds. The van der Waals surface area contributed by atoms with Crippen LogP contribution in [-0.4, -0.2) is 53.8 Å². The topological polar surface area (TPSA) is 52.7 Å². The molecule has 1 heterocycles. The quantitative estimate of drug-likeness (QED) is 0.848. The number of anilines is 1. The fraction of sp³-hybridized carbons (Fsp3) is 0.619. The smallest absolute Gasteiger partial charge is 0.241 e. The summed E-state index contributed by atoms with van der Waals surface area (Å²) < 4.78 is 0. The van der Waals surface area contributed by atoms with E-state index in [2.05, 4.69) is 10.2 Å². The fourth-order valence-corrected chi connectivity index (χ4v) is 3.73. The number of hydrogen-bond acceptors (Lipinski definition) is 3. The highest BCUT2D eigenvalue weighted by Crippen LogP contribution is 2.23. The first-order valence-electron chi connectivity index (χ1n) is 9.78. The highest BCUT2D eigenvalue weighted by atomic mass is 16.2. The molecule has 0 saturated carbocycles. The van der Waals surface area contributed by atoms with Crippen LogP contribution in [0.4, 0.5) is 5.69 Å². The summed E-state index contributed by atoms with van der Waals surface area (Å²) in [5.41, 5.74) is 3.07. The lowest BCUT2D eigenvalue weighted by atomic mass is 9.94. The van der Waals surface area contributed by atoms with Crippen molar-refractivity contribution in [3.63, 3.8) is 0 Å². The van der Waals surface area contributed by atoms with Crippen LogP contribution in [0.5, 0.6) is 0 Å². The van der Waals surface area contributed by atoms with Crippen LogP contribution in [0.25, 0.3) is 0 Å². The Bertz CT molecular complexity index is 612. The molecule has 26 heavy (non-hydrogen) atoms. The van der Waals surface area contributed by atoms with Crippen molar-refractivity contribution in [1.82, 2.24) is 9.80 Å². The van der Waals surface area contributed by atoms with Gasteiger partial charge in [0.25, 0.3) is 0 Å². The highest BCUT2D eigenvalue weighted by Gasteiger charge is 2.31. The molecule has 144 valence electrons. The van der Waals surface area contributed by atoms with E-state index in [-0.39, 0.29) is 23.8 Å². The maximum Gasteiger partial charge on any atom is 0.241 e. The van der Waals surface area contributed by atoms with E-state index in [1.54, 1.807) is 0 Å². The standard InChI is InChI=1S/C21H33N3O2/c1-6-23(7-2)21(26)18-11-13-24(14-12-18)17(5)20(25)22-19-15(3)9-8-10-16(19)4/h8-10,17-18H,6-7,11-14H2,1-5H3,(H,22,25). The van der Waals surface area contributed by atoms with Crippen molar-refractivity contribution in [2.45, 2.75) is 53.5 Å². The Balaban J connectivity index is 1.92. The Morgan fingerprint density at radius 3 is 2.19 bits per heavy atom. The maximum atomic E-state index is 12.7. The average Bonchev–Trinajstić information content (AvgIpc) is 2.65. The summed E-state index contributed by atoms with van der Waals surface area (Å²) in [5.74, 6) is 0.387. The van der Waals surface area contributed by atoms with Gasteiger partial charge in [-0.15, -0.1) is 0 Å². The molecule has 1 aliphatic rings. The van der Waals surface area contributed by atoms with Crippen LogP contribution in [0.2, 0.25) is 0 Å². The van der Waals surface area contributed by atoms with Crippen molar-refractivity contribution in [3.05, 3.63) is 29.3 Å². The zero-order valence-corrected chi connectivity index (χ0v) is 16.8. The van der Waals surface area contributed by atoms with Crippen molar-refractivity contribution in [3.8, 4) is 0 Å². The second-order valence-electron chi connectivity index (χ2n) is 7.25. The van der Waals surface area contributed by atoms with Crippen LogP contribution in [0, 0.1) is 19.8 Å². The van der Waals surface area contributed by atoms with Crippen molar-refractivity contribution in [2.24, 2.45) is 5.92 Å². The second-order valence-corrected chi connectivity index (χ2v) is 7.25. The lowest BCUT2D eigenvalue weighted by Gasteiger charge is -2.36. The minimum Gasteiger partial charge on any atom is -0.343 e. The number of aryl methyl sites for hydroxylation is 2. The Morgan fingerprint density at radius 2 is 1.69 bits per heavy atom. The molecule has 0 aliphatic carbocycles. The van der Waals surface area contributed by atoms with Crippen LogP contribution in [0.1, 0.15) is 44.7 Å². The third kappa shape index (κ3) is 4.64. The predicted molar refractivity (Wildman–Crippen MR) is 106 cm³/mol. The van der Waals surface area contributed by atoms with Gasteiger partial charge >= 0.3 is 0 Å². The normalized spacial score (nSPS) is 17.0. The van der Waals surface area contributed by atoms with Gasteiger partial charge in [-0.05, 0) is 71.7 Å². The van der Waals surface area contributed by atoms with E-state index in [9.17, 15) is 9.59 Å². The predicted octanol–water partition coefficient (Wildman–Crippen LogP) is 3.21. The van der Waals surface area contributed by atoms with E-state index in [0.29, 0.717) is 0 Å². The number of amides is 2. The molecular formula is C21H33N3O2. The van der Waals surface area contributed by atoms with E-state index in [0.717, 1.165) is 55.8 Å². The number of rotatable bonds is 6. The molecule has 0 radical (unpaired) electrons. The first kappa shape index (κ1) is 20.4. The van der Waals surface area contributed by atoms with E-state index in [1.807, 2.05) is 57.7 Å². The van der Waals surface area contributed by atoms with Crippen molar-refractivity contribution in [2.75, 3.05) is 31.5 Å². The second kappa shape index (κ2) is 9.17. The molecular weight excluding hydrogens is 326 g/mol. The van der Waals surface area contributed by atoms with Gasteiger partial charge in [-0.2, -0.15) is 0 Å². The van der Waals surface area contributed by atoms with Gasteiger partial charge in [0, 0.05) is 24.7 Å². The molecule has 1 N–H and O–H groups in total. The van der Waals surface area contributed by atoms with Gasteiger partial charge in [0.05, 0.1) is 6.04 Å². The molecule has 0 bridgehead atoms. The number of piperidine rings is 1. The summed E-state index contributed by atoms with van der Waals surface area (Å²) in [6, 6.07) is 5.83. The zero-order valence-electron chi connectivity index (χ0n) is 16.8. The summed E-state index contributed by atoms with van der Waals surface area (Å²) in [6.45, 7) is 13.1. The van der Waals surface area contributed by atoms with Gasteiger partial charge < -0.3 is 10.2 Å².